The van der Waals surface area contributed by atoms with Gasteiger partial charge in [-0.05, 0) is 31.4 Å². The Morgan fingerprint density at radius 2 is 2.10 bits per heavy atom. The van der Waals surface area contributed by atoms with Gasteiger partial charge in [-0.25, -0.2) is 4.79 Å². The zero-order valence-electron chi connectivity index (χ0n) is 11.8. The third-order valence-electron chi connectivity index (χ3n) is 3.65. The lowest BCUT2D eigenvalue weighted by Crippen LogP contribution is -2.48. The summed E-state index contributed by atoms with van der Waals surface area (Å²) >= 11 is 0. The minimum absolute atomic E-state index is 0.139. The molecular weight excluding hydrogens is 256 g/mol. The molecule has 1 aromatic carbocycles. The highest BCUT2D eigenvalue weighted by atomic mass is 16.4. The predicted molar refractivity (Wildman–Crippen MR) is 75.8 cm³/mol. The van der Waals surface area contributed by atoms with Crippen molar-refractivity contribution in [3.8, 4) is 0 Å². The van der Waals surface area contributed by atoms with Gasteiger partial charge in [0.2, 0.25) is 0 Å². The lowest BCUT2D eigenvalue weighted by atomic mass is 9.78. The van der Waals surface area contributed by atoms with Crippen LogP contribution in [0.5, 0.6) is 0 Å². The summed E-state index contributed by atoms with van der Waals surface area (Å²) in [6.45, 7) is 3.89. The molecule has 108 valence electrons. The van der Waals surface area contributed by atoms with Crippen molar-refractivity contribution in [2.45, 2.75) is 32.2 Å². The van der Waals surface area contributed by atoms with Crippen LogP contribution in [-0.4, -0.2) is 41.1 Å². The molecule has 1 atom stereocenters. The Kier molecular flexibility index (Phi) is 4.27. The Hall–Kier alpha value is -2.04. The Labute approximate surface area is 118 Å². The van der Waals surface area contributed by atoms with Crippen LogP contribution in [-0.2, 0) is 11.2 Å². The zero-order valence-corrected chi connectivity index (χ0v) is 11.8. The fourth-order valence-corrected chi connectivity index (χ4v) is 2.49. The van der Waals surface area contributed by atoms with Gasteiger partial charge in [-0.15, -0.1) is 0 Å². The van der Waals surface area contributed by atoms with Crippen LogP contribution in [0.1, 0.15) is 30.9 Å². The number of urea groups is 1. The van der Waals surface area contributed by atoms with E-state index in [1.807, 2.05) is 12.1 Å². The third kappa shape index (κ3) is 3.10. The molecule has 0 radical (unpaired) electrons. The number of benzene rings is 1. The van der Waals surface area contributed by atoms with Crippen LogP contribution in [0.3, 0.4) is 0 Å². The van der Waals surface area contributed by atoms with Crippen LogP contribution in [0.4, 0.5) is 4.79 Å². The van der Waals surface area contributed by atoms with Gasteiger partial charge in [-0.3, -0.25) is 4.79 Å². The second kappa shape index (κ2) is 5.94. The summed E-state index contributed by atoms with van der Waals surface area (Å²) in [4.78, 5) is 24.1. The van der Waals surface area contributed by atoms with Gasteiger partial charge in [0.15, 0.2) is 0 Å². The van der Waals surface area contributed by atoms with E-state index in [0.717, 1.165) is 6.42 Å². The molecule has 2 amide bonds. The minimum atomic E-state index is -0.997. The van der Waals surface area contributed by atoms with E-state index >= 15 is 0 Å². The Balaban J connectivity index is 1.88. The van der Waals surface area contributed by atoms with E-state index in [9.17, 15) is 9.59 Å². The van der Waals surface area contributed by atoms with E-state index in [-0.39, 0.29) is 18.6 Å². The van der Waals surface area contributed by atoms with Crippen molar-refractivity contribution < 1.29 is 14.7 Å². The van der Waals surface area contributed by atoms with Crippen molar-refractivity contribution in [3.63, 3.8) is 0 Å². The number of aliphatic carboxylic acids is 1. The van der Waals surface area contributed by atoms with Crippen molar-refractivity contribution in [2.75, 3.05) is 13.1 Å². The maximum Gasteiger partial charge on any atom is 0.323 e. The molecule has 0 saturated carbocycles. The number of hydrogen-bond acceptors (Lipinski definition) is 2. The summed E-state index contributed by atoms with van der Waals surface area (Å²) in [7, 11) is 0. The first-order chi connectivity index (χ1) is 9.49. The van der Waals surface area contributed by atoms with Gasteiger partial charge in [0, 0.05) is 18.5 Å². The molecule has 0 bridgehead atoms. The van der Waals surface area contributed by atoms with Crippen LogP contribution in [0.15, 0.2) is 24.3 Å². The molecule has 20 heavy (non-hydrogen) atoms. The second-order valence-corrected chi connectivity index (χ2v) is 5.40. The molecule has 0 fully saturated rings. The molecule has 0 aliphatic heterocycles. The highest BCUT2D eigenvalue weighted by Gasteiger charge is 2.27. The first-order valence-corrected chi connectivity index (χ1v) is 6.83. The largest absolute Gasteiger partial charge is 0.480 e. The topological polar surface area (TPSA) is 69.6 Å². The van der Waals surface area contributed by atoms with Crippen LogP contribution in [0, 0.1) is 0 Å². The van der Waals surface area contributed by atoms with Crippen molar-refractivity contribution in [2.24, 2.45) is 0 Å². The summed E-state index contributed by atoms with van der Waals surface area (Å²) in [6, 6.07) is 7.73. The smallest absolute Gasteiger partial charge is 0.323 e. The van der Waals surface area contributed by atoms with E-state index in [2.05, 4.69) is 17.4 Å². The summed E-state index contributed by atoms with van der Waals surface area (Å²) in [6.07, 6.45) is 0.969. The van der Waals surface area contributed by atoms with Gasteiger partial charge in [-0.1, -0.05) is 24.3 Å². The van der Waals surface area contributed by atoms with Crippen molar-refractivity contribution in [3.05, 3.63) is 35.4 Å². The standard InChI is InChI=1S/C15H20N2O3/c1-10(2)17(9-14(18)19)15(20)16-8-12-7-11-5-3-4-6-13(11)12/h3-6,10,12H,7-9H2,1-2H3,(H,16,20)(H,18,19). The molecule has 1 aliphatic carbocycles. The normalized spacial score (nSPS) is 16.2. The number of nitrogens with one attached hydrogen (secondary N) is 1. The summed E-state index contributed by atoms with van der Waals surface area (Å²) < 4.78 is 0. The Bertz CT molecular complexity index is 514. The summed E-state index contributed by atoms with van der Waals surface area (Å²) in [5.74, 6) is -0.656. The highest BCUT2D eigenvalue weighted by Crippen LogP contribution is 2.33. The van der Waals surface area contributed by atoms with Gasteiger partial charge < -0.3 is 15.3 Å². The van der Waals surface area contributed by atoms with Gasteiger partial charge >= 0.3 is 12.0 Å². The first-order valence-electron chi connectivity index (χ1n) is 6.83. The van der Waals surface area contributed by atoms with E-state index in [1.54, 1.807) is 13.8 Å². The predicted octanol–water partition coefficient (Wildman–Crippen LogP) is 1.83. The molecular formula is C15H20N2O3. The zero-order chi connectivity index (χ0) is 14.7. The molecule has 1 aliphatic rings. The molecule has 0 heterocycles. The molecule has 5 heteroatoms. The van der Waals surface area contributed by atoms with Crippen molar-refractivity contribution >= 4 is 12.0 Å². The maximum absolute atomic E-state index is 12.0. The molecule has 5 nitrogen and oxygen atoms in total. The number of hydrogen-bond donors (Lipinski definition) is 2. The molecule has 0 saturated heterocycles. The number of nitrogens with zero attached hydrogens (tertiary/aromatic N) is 1. The monoisotopic (exact) mass is 276 g/mol. The summed E-state index contributed by atoms with van der Waals surface area (Å²) in [5.41, 5.74) is 2.61. The Morgan fingerprint density at radius 3 is 2.70 bits per heavy atom. The average molecular weight is 276 g/mol. The van der Waals surface area contributed by atoms with Crippen LogP contribution in [0.25, 0.3) is 0 Å². The summed E-state index contributed by atoms with van der Waals surface area (Å²) in [5, 5.41) is 11.7. The van der Waals surface area contributed by atoms with Crippen molar-refractivity contribution in [1.29, 1.82) is 0 Å². The van der Waals surface area contributed by atoms with Crippen molar-refractivity contribution in [1.82, 2.24) is 10.2 Å². The fourth-order valence-electron chi connectivity index (χ4n) is 2.49. The third-order valence-corrected chi connectivity index (χ3v) is 3.65. The molecule has 0 spiro atoms. The lowest BCUT2D eigenvalue weighted by Gasteiger charge is -2.32. The molecule has 2 N–H and O–H groups in total. The van der Waals surface area contributed by atoms with Gasteiger partial charge in [-0.2, -0.15) is 0 Å². The van der Waals surface area contributed by atoms with Crippen LogP contribution >= 0.6 is 0 Å². The maximum atomic E-state index is 12.0. The molecule has 2 rings (SSSR count). The van der Waals surface area contributed by atoms with Crippen LogP contribution in [0.2, 0.25) is 0 Å². The quantitative estimate of drug-likeness (QED) is 0.862. The number of carbonyl (C=O) groups excluding carboxylic acids is 1. The molecule has 1 aromatic rings. The second-order valence-electron chi connectivity index (χ2n) is 5.40. The van der Waals surface area contributed by atoms with Gasteiger partial charge in [0.25, 0.3) is 0 Å². The first kappa shape index (κ1) is 14.4. The number of amides is 2. The molecule has 1 unspecified atom stereocenters. The number of rotatable bonds is 5. The number of carboxylic acid groups (broad SMARTS) is 1. The van der Waals surface area contributed by atoms with Crippen LogP contribution < -0.4 is 5.32 Å². The van der Waals surface area contributed by atoms with E-state index in [1.165, 1.54) is 16.0 Å². The molecule has 0 aromatic heterocycles. The average Bonchev–Trinajstić information content (AvgIpc) is 2.36. The van der Waals surface area contributed by atoms with Gasteiger partial charge in [0.1, 0.15) is 6.54 Å². The van der Waals surface area contributed by atoms with E-state index in [0.29, 0.717) is 12.5 Å². The van der Waals surface area contributed by atoms with Gasteiger partial charge in [0.05, 0.1) is 0 Å². The Morgan fingerprint density at radius 1 is 1.40 bits per heavy atom. The fraction of sp³-hybridized carbons (Fsp3) is 0.467. The minimum Gasteiger partial charge on any atom is -0.480 e. The highest BCUT2D eigenvalue weighted by molar-refractivity contribution is 5.80. The number of carbonyl (C=O) groups is 2. The number of fused-ring (bicyclic) bond motifs is 1. The van der Waals surface area contributed by atoms with E-state index < -0.39 is 5.97 Å². The van der Waals surface area contributed by atoms with E-state index in [4.69, 9.17) is 5.11 Å². The number of carboxylic acids is 1. The lowest BCUT2D eigenvalue weighted by molar-refractivity contribution is -0.138. The SMILES string of the molecule is CC(C)N(CC(=O)O)C(=O)NCC1Cc2ccccc21.